The summed E-state index contributed by atoms with van der Waals surface area (Å²) < 4.78 is 10.8. The Kier molecular flexibility index (Phi) is 3.92. The Morgan fingerprint density at radius 2 is 1.93 bits per heavy atom. The summed E-state index contributed by atoms with van der Waals surface area (Å²) in [6.45, 7) is 0.216. The smallest absolute Gasteiger partial charge is 0.262 e. The number of aromatic nitrogens is 3. The number of aromatic amines is 1. The summed E-state index contributed by atoms with van der Waals surface area (Å²) in [6.07, 6.45) is 7.59. The monoisotopic (exact) mass is 364 g/mol. The number of nitrogens with zero attached hydrogens (tertiary/aromatic N) is 2. The van der Waals surface area contributed by atoms with Crippen LogP contribution >= 0.6 is 0 Å². The van der Waals surface area contributed by atoms with E-state index in [-0.39, 0.29) is 12.4 Å². The molecule has 1 aliphatic heterocycles. The topological polar surface area (TPSA) is 89.1 Å². The first-order valence-corrected chi connectivity index (χ1v) is 9.33. The second kappa shape index (κ2) is 6.57. The number of rotatable bonds is 3. The number of ether oxygens (including phenoxy) is 2. The van der Waals surface area contributed by atoms with E-state index in [4.69, 9.17) is 9.47 Å². The van der Waals surface area contributed by atoms with Crippen molar-refractivity contribution >= 4 is 17.0 Å². The molecule has 1 aromatic carbocycles. The Labute approximate surface area is 155 Å². The van der Waals surface area contributed by atoms with Gasteiger partial charge in [0, 0.05) is 12.2 Å². The molecule has 2 aliphatic rings. The van der Waals surface area contributed by atoms with Gasteiger partial charge in [0.1, 0.15) is 0 Å². The van der Waals surface area contributed by atoms with Gasteiger partial charge in [0.25, 0.3) is 5.56 Å². The quantitative estimate of drug-likeness (QED) is 0.740. The molecule has 0 atom stereocenters. The van der Waals surface area contributed by atoms with Gasteiger partial charge in [0.15, 0.2) is 17.1 Å². The summed E-state index contributed by atoms with van der Waals surface area (Å²) in [5.74, 6) is 1.88. The second-order valence-electron chi connectivity index (χ2n) is 7.02. The van der Waals surface area contributed by atoms with Crippen LogP contribution in [0.5, 0.6) is 11.5 Å². The van der Waals surface area contributed by atoms with E-state index in [1.165, 1.54) is 19.3 Å². The third kappa shape index (κ3) is 2.99. The maximum absolute atomic E-state index is 12.8. The normalized spacial score (nSPS) is 16.6. The van der Waals surface area contributed by atoms with E-state index in [1.54, 1.807) is 6.20 Å². The van der Waals surface area contributed by atoms with Gasteiger partial charge in [-0.25, -0.2) is 4.98 Å². The molecular formula is C20H20N4O3. The zero-order chi connectivity index (χ0) is 18.2. The number of hydrogen-bond acceptors (Lipinski definition) is 6. The Balaban J connectivity index is 1.55. The lowest BCUT2D eigenvalue weighted by molar-refractivity contribution is 0.174. The first-order valence-electron chi connectivity index (χ1n) is 9.33. The van der Waals surface area contributed by atoms with Gasteiger partial charge in [0.2, 0.25) is 12.7 Å². The van der Waals surface area contributed by atoms with Crippen LogP contribution < -0.4 is 20.3 Å². The lowest BCUT2D eigenvalue weighted by Crippen LogP contribution is -2.25. The van der Waals surface area contributed by atoms with Crippen LogP contribution in [0.4, 0.5) is 5.95 Å². The van der Waals surface area contributed by atoms with Gasteiger partial charge in [-0.1, -0.05) is 25.3 Å². The van der Waals surface area contributed by atoms with Crippen LogP contribution in [-0.4, -0.2) is 27.8 Å². The summed E-state index contributed by atoms with van der Waals surface area (Å²) in [5.41, 5.74) is 1.88. The van der Waals surface area contributed by atoms with Crippen LogP contribution in [0, 0.1) is 0 Å². The molecule has 1 fully saturated rings. The number of fused-ring (bicyclic) bond motifs is 2. The molecule has 138 valence electrons. The highest BCUT2D eigenvalue weighted by molar-refractivity contribution is 5.92. The average Bonchev–Trinajstić information content (AvgIpc) is 3.16. The Bertz CT molecular complexity index is 1060. The Hall–Kier alpha value is -3.09. The van der Waals surface area contributed by atoms with Crippen LogP contribution in [0.2, 0.25) is 0 Å². The highest BCUT2D eigenvalue weighted by Gasteiger charge is 2.18. The summed E-state index contributed by atoms with van der Waals surface area (Å²) in [5, 5.41) is 3.84. The van der Waals surface area contributed by atoms with Crippen LogP contribution in [0.1, 0.15) is 32.1 Å². The van der Waals surface area contributed by atoms with Gasteiger partial charge in [-0.2, -0.15) is 4.98 Å². The molecule has 0 radical (unpaired) electrons. The minimum absolute atomic E-state index is 0.195. The van der Waals surface area contributed by atoms with E-state index in [0.29, 0.717) is 34.5 Å². The number of anilines is 1. The number of hydrogen-bond donors (Lipinski definition) is 2. The molecule has 2 aromatic heterocycles. The fourth-order valence-electron chi connectivity index (χ4n) is 3.88. The molecule has 1 aliphatic carbocycles. The zero-order valence-corrected chi connectivity index (χ0v) is 14.8. The molecule has 7 nitrogen and oxygen atoms in total. The van der Waals surface area contributed by atoms with Gasteiger partial charge in [0.05, 0.1) is 5.39 Å². The lowest BCUT2D eigenvalue weighted by atomic mass is 9.96. The minimum Gasteiger partial charge on any atom is -0.454 e. The summed E-state index contributed by atoms with van der Waals surface area (Å²) >= 11 is 0. The third-order valence-electron chi connectivity index (χ3n) is 5.24. The van der Waals surface area contributed by atoms with Crippen LogP contribution in [0.25, 0.3) is 22.2 Å². The molecule has 0 spiro atoms. The molecule has 7 heteroatoms. The standard InChI is InChI=1S/C20H20N4O3/c25-19-17-14(12-6-7-15-16(10-12)27-11-26-15)8-9-21-18(17)23-20(24-19)22-13-4-2-1-3-5-13/h6-10,13H,1-5,11H2,(H2,21,22,23,24,25). The number of benzene rings is 1. The van der Waals surface area contributed by atoms with E-state index in [2.05, 4.69) is 20.3 Å². The van der Waals surface area contributed by atoms with E-state index in [9.17, 15) is 4.79 Å². The molecule has 0 saturated heterocycles. The maximum Gasteiger partial charge on any atom is 0.262 e. The zero-order valence-electron chi connectivity index (χ0n) is 14.8. The fraction of sp³-hybridized carbons (Fsp3) is 0.350. The van der Waals surface area contributed by atoms with Crippen molar-refractivity contribution in [1.29, 1.82) is 0 Å². The van der Waals surface area contributed by atoms with E-state index >= 15 is 0 Å². The van der Waals surface area contributed by atoms with Gasteiger partial charge in [-0.15, -0.1) is 0 Å². The molecule has 2 N–H and O–H groups in total. The second-order valence-corrected chi connectivity index (χ2v) is 7.02. The molecule has 1 saturated carbocycles. The van der Waals surface area contributed by atoms with E-state index < -0.39 is 0 Å². The molecule has 0 amide bonds. The molecule has 3 aromatic rings. The van der Waals surface area contributed by atoms with Crippen molar-refractivity contribution < 1.29 is 9.47 Å². The number of pyridine rings is 1. The fourth-order valence-corrected chi connectivity index (χ4v) is 3.88. The Morgan fingerprint density at radius 3 is 2.81 bits per heavy atom. The SMILES string of the molecule is O=c1[nH]c(NC2CCCCC2)nc2nccc(-c3ccc4c(c3)OCO4)c12. The van der Waals surface area contributed by atoms with Crippen molar-refractivity contribution in [3.8, 4) is 22.6 Å². The third-order valence-corrected chi connectivity index (χ3v) is 5.24. The Morgan fingerprint density at radius 1 is 1.07 bits per heavy atom. The van der Waals surface area contributed by atoms with Gasteiger partial charge in [-0.05, 0) is 42.2 Å². The highest BCUT2D eigenvalue weighted by Crippen LogP contribution is 2.37. The predicted octanol–water partition coefficient (Wildman–Crippen LogP) is 3.46. The summed E-state index contributed by atoms with van der Waals surface area (Å²) in [6, 6.07) is 7.83. The van der Waals surface area contributed by atoms with E-state index in [0.717, 1.165) is 24.0 Å². The summed E-state index contributed by atoms with van der Waals surface area (Å²) in [7, 11) is 0. The van der Waals surface area contributed by atoms with Gasteiger partial charge in [-0.3, -0.25) is 9.78 Å². The minimum atomic E-state index is -0.195. The first-order chi connectivity index (χ1) is 13.3. The van der Waals surface area contributed by atoms with Crippen molar-refractivity contribution in [2.24, 2.45) is 0 Å². The van der Waals surface area contributed by atoms with Crippen molar-refractivity contribution in [3.63, 3.8) is 0 Å². The lowest BCUT2D eigenvalue weighted by Gasteiger charge is -2.22. The predicted molar refractivity (Wildman–Crippen MR) is 102 cm³/mol. The van der Waals surface area contributed by atoms with Crippen LogP contribution in [0.3, 0.4) is 0 Å². The average molecular weight is 364 g/mol. The van der Waals surface area contributed by atoms with Crippen LogP contribution in [0.15, 0.2) is 35.3 Å². The molecule has 27 heavy (non-hydrogen) atoms. The molecule has 0 bridgehead atoms. The molecule has 3 heterocycles. The maximum atomic E-state index is 12.8. The first kappa shape index (κ1) is 16.1. The number of H-pyrrole nitrogens is 1. The van der Waals surface area contributed by atoms with Crippen molar-refractivity contribution in [2.45, 2.75) is 38.1 Å². The van der Waals surface area contributed by atoms with Gasteiger partial charge < -0.3 is 14.8 Å². The molecule has 0 unspecified atom stereocenters. The highest BCUT2D eigenvalue weighted by atomic mass is 16.7. The van der Waals surface area contributed by atoms with Crippen molar-refractivity contribution in [3.05, 3.63) is 40.8 Å². The summed E-state index contributed by atoms with van der Waals surface area (Å²) in [4.78, 5) is 24.6. The van der Waals surface area contributed by atoms with Crippen molar-refractivity contribution in [1.82, 2.24) is 15.0 Å². The molecular weight excluding hydrogens is 344 g/mol. The number of nitrogens with one attached hydrogen (secondary N) is 2. The van der Waals surface area contributed by atoms with Gasteiger partial charge >= 0.3 is 0 Å². The van der Waals surface area contributed by atoms with Crippen LogP contribution in [-0.2, 0) is 0 Å². The largest absolute Gasteiger partial charge is 0.454 e. The van der Waals surface area contributed by atoms with E-state index in [1.807, 2.05) is 24.3 Å². The molecule has 5 rings (SSSR count). The van der Waals surface area contributed by atoms with Crippen molar-refractivity contribution in [2.75, 3.05) is 12.1 Å².